The Labute approximate surface area is 187 Å². The fraction of sp³-hybridized carbons (Fsp3) is 0.400. The zero-order chi connectivity index (χ0) is 22.2. The third-order valence-electron chi connectivity index (χ3n) is 5.86. The lowest BCUT2D eigenvalue weighted by Crippen LogP contribution is -2.32. The number of hydrogen-bond acceptors (Lipinski definition) is 4. The van der Waals surface area contributed by atoms with Crippen molar-refractivity contribution in [3.8, 4) is 5.69 Å². The number of nitrogens with one attached hydrogen (secondary N) is 1. The molecule has 0 spiro atoms. The predicted octanol–water partition coefficient (Wildman–Crippen LogP) is 5.17. The van der Waals surface area contributed by atoms with Crippen LogP contribution in [0.3, 0.4) is 0 Å². The zero-order valence-electron chi connectivity index (χ0n) is 18.6. The molecule has 0 aliphatic heterocycles. The molecule has 1 atom stereocenters. The number of nitrogens with zero attached hydrogens (tertiary/aromatic N) is 2. The van der Waals surface area contributed by atoms with Crippen LogP contribution in [0.25, 0.3) is 5.69 Å². The smallest absolute Gasteiger partial charge is 0.224 e. The van der Waals surface area contributed by atoms with Crippen LogP contribution in [0, 0.1) is 0 Å². The van der Waals surface area contributed by atoms with Crippen LogP contribution in [-0.2, 0) is 23.1 Å². The van der Waals surface area contributed by atoms with Gasteiger partial charge in [-0.25, -0.2) is 4.68 Å². The molecule has 1 amide bonds. The Bertz CT molecular complexity index is 1100. The van der Waals surface area contributed by atoms with Gasteiger partial charge in [-0.1, -0.05) is 32.9 Å². The van der Waals surface area contributed by atoms with Crippen molar-refractivity contribution in [2.45, 2.75) is 64.8 Å². The number of ketones is 1. The Kier molecular flexibility index (Phi) is 5.84. The quantitative estimate of drug-likeness (QED) is 0.562. The first kappa shape index (κ1) is 21.5. The first-order valence-corrected chi connectivity index (χ1v) is 11.7. The molecule has 4 rings (SSSR count). The summed E-state index contributed by atoms with van der Waals surface area (Å²) in [7, 11) is 0. The molecule has 5 nitrogen and oxygen atoms in total. The molecule has 1 aliphatic carbocycles. The van der Waals surface area contributed by atoms with Gasteiger partial charge in [0.1, 0.15) is 0 Å². The van der Waals surface area contributed by atoms with Crippen LogP contribution in [0.1, 0.15) is 78.6 Å². The van der Waals surface area contributed by atoms with Crippen LogP contribution < -0.4 is 5.32 Å². The van der Waals surface area contributed by atoms with E-state index in [4.69, 9.17) is 0 Å². The van der Waals surface area contributed by atoms with Crippen LogP contribution in [0.5, 0.6) is 0 Å². The highest BCUT2D eigenvalue weighted by Gasteiger charge is 2.26. The second-order valence-electron chi connectivity index (χ2n) is 9.32. The average molecular weight is 436 g/mol. The maximum absolute atomic E-state index is 12.7. The molecule has 0 fully saturated rings. The fourth-order valence-electron chi connectivity index (χ4n) is 4.12. The number of Topliss-reactive ketones (excluding diaryl/α,β-unsaturated/α-hetero) is 1. The first-order chi connectivity index (χ1) is 14.7. The third-order valence-corrected chi connectivity index (χ3v) is 6.94. The highest BCUT2D eigenvalue weighted by atomic mass is 32.1. The summed E-state index contributed by atoms with van der Waals surface area (Å²) in [6.07, 6.45) is 5.06. The Morgan fingerprint density at radius 3 is 2.61 bits per heavy atom. The SMILES string of the molecule is CC(=O)c1cc(CC(=O)N[C@H]2CCCc3c2cnn3-c2ccc(C(C)(C)C)cc2)cs1. The molecule has 0 saturated carbocycles. The van der Waals surface area contributed by atoms with Gasteiger partial charge in [-0.3, -0.25) is 9.59 Å². The number of aromatic nitrogens is 2. The van der Waals surface area contributed by atoms with E-state index >= 15 is 0 Å². The van der Waals surface area contributed by atoms with Gasteiger partial charge in [0.15, 0.2) is 5.78 Å². The van der Waals surface area contributed by atoms with Gasteiger partial charge in [0.25, 0.3) is 0 Å². The number of hydrogen-bond donors (Lipinski definition) is 1. The molecule has 1 aliphatic rings. The number of amides is 1. The summed E-state index contributed by atoms with van der Waals surface area (Å²) in [5.41, 5.74) is 5.63. The predicted molar refractivity (Wildman–Crippen MR) is 124 cm³/mol. The summed E-state index contributed by atoms with van der Waals surface area (Å²) in [4.78, 5) is 24.8. The van der Waals surface area contributed by atoms with Crippen molar-refractivity contribution >= 4 is 23.0 Å². The monoisotopic (exact) mass is 435 g/mol. The molecular weight excluding hydrogens is 406 g/mol. The molecule has 1 aromatic carbocycles. The molecule has 162 valence electrons. The lowest BCUT2D eigenvalue weighted by molar-refractivity contribution is -0.121. The van der Waals surface area contributed by atoms with Crippen molar-refractivity contribution in [3.63, 3.8) is 0 Å². The lowest BCUT2D eigenvalue weighted by Gasteiger charge is -2.24. The average Bonchev–Trinajstić information content (AvgIpc) is 3.35. The van der Waals surface area contributed by atoms with Gasteiger partial charge in [-0.15, -0.1) is 11.3 Å². The fourth-order valence-corrected chi connectivity index (χ4v) is 4.93. The number of benzene rings is 1. The maximum atomic E-state index is 12.7. The van der Waals surface area contributed by atoms with E-state index in [0.717, 1.165) is 36.1 Å². The molecule has 2 aromatic heterocycles. The number of fused-ring (bicyclic) bond motifs is 1. The molecule has 0 bridgehead atoms. The van der Waals surface area contributed by atoms with E-state index in [1.165, 1.54) is 22.6 Å². The van der Waals surface area contributed by atoms with E-state index in [0.29, 0.717) is 4.88 Å². The molecule has 0 saturated heterocycles. The summed E-state index contributed by atoms with van der Waals surface area (Å²) in [6.45, 7) is 8.18. The van der Waals surface area contributed by atoms with Crippen LogP contribution in [0.4, 0.5) is 0 Å². The van der Waals surface area contributed by atoms with Crippen LogP contribution >= 0.6 is 11.3 Å². The van der Waals surface area contributed by atoms with E-state index in [2.05, 4.69) is 55.5 Å². The second kappa shape index (κ2) is 8.42. The van der Waals surface area contributed by atoms with E-state index in [9.17, 15) is 9.59 Å². The summed E-state index contributed by atoms with van der Waals surface area (Å²) in [5, 5.41) is 9.73. The summed E-state index contributed by atoms with van der Waals surface area (Å²) in [6, 6.07) is 10.4. The number of rotatable bonds is 5. The Morgan fingerprint density at radius 2 is 1.97 bits per heavy atom. The van der Waals surface area contributed by atoms with Gasteiger partial charge >= 0.3 is 0 Å². The van der Waals surface area contributed by atoms with Crippen molar-refractivity contribution in [2.75, 3.05) is 0 Å². The van der Waals surface area contributed by atoms with E-state index in [1.807, 2.05) is 22.3 Å². The van der Waals surface area contributed by atoms with Crippen LogP contribution in [0.15, 0.2) is 41.9 Å². The van der Waals surface area contributed by atoms with Crippen molar-refractivity contribution < 1.29 is 9.59 Å². The Hall–Kier alpha value is -2.73. The van der Waals surface area contributed by atoms with Crippen molar-refractivity contribution in [2.24, 2.45) is 0 Å². The van der Waals surface area contributed by atoms with Crippen molar-refractivity contribution in [1.82, 2.24) is 15.1 Å². The second-order valence-corrected chi connectivity index (χ2v) is 10.2. The lowest BCUT2D eigenvalue weighted by atomic mass is 9.87. The van der Waals surface area contributed by atoms with E-state index in [-0.39, 0.29) is 29.6 Å². The molecule has 3 aromatic rings. The Morgan fingerprint density at radius 1 is 1.23 bits per heavy atom. The molecule has 0 radical (unpaired) electrons. The number of thiophene rings is 1. The minimum absolute atomic E-state index is 0.0203. The highest BCUT2D eigenvalue weighted by Crippen LogP contribution is 2.32. The van der Waals surface area contributed by atoms with Crippen LogP contribution in [-0.4, -0.2) is 21.5 Å². The summed E-state index contributed by atoms with van der Waals surface area (Å²) < 4.78 is 2.01. The van der Waals surface area contributed by atoms with E-state index in [1.54, 1.807) is 6.92 Å². The third kappa shape index (κ3) is 4.64. The van der Waals surface area contributed by atoms with Gasteiger partial charge in [0.05, 0.1) is 29.2 Å². The van der Waals surface area contributed by atoms with E-state index < -0.39 is 0 Å². The van der Waals surface area contributed by atoms with Gasteiger partial charge in [-0.2, -0.15) is 5.10 Å². The summed E-state index contributed by atoms with van der Waals surface area (Å²) >= 11 is 1.39. The standard InChI is InChI=1S/C25H29N3O2S/c1-16(29)23-12-17(15-31-23)13-24(30)27-21-6-5-7-22-20(21)14-26-28(22)19-10-8-18(9-11-19)25(2,3)4/h8-12,14-15,21H,5-7,13H2,1-4H3,(H,27,30)/t21-/m0/s1. The molecule has 0 unspecified atom stereocenters. The van der Waals surface area contributed by atoms with Crippen molar-refractivity contribution in [1.29, 1.82) is 0 Å². The van der Waals surface area contributed by atoms with Gasteiger partial charge in [0.2, 0.25) is 5.91 Å². The van der Waals surface area contributed by atoms with Crippen molar-refractivity contribution in [3.05, 3.63) is 69.2 Å². The van der Waals surface area contributed by atoms with Gasteiger partial charge < -0.3 is 5.32 Å². The van der Waals surface area contributed by atoms with Gasteiger partial charge in [-0.05, 0) is 66.3 Å². The minimum atomic E-state index is -0.0234. The summed E-state index contributed by atoms with van der Waals surface area (Å²) in [5.74, 6) is 0.0181. The maximum Gasteiger partial charge on any atom is 0.224 e. The van der Waals surface area contributed by atoms with Gasteiger partial charge in [0, 0.05) is 11.3 Å². The molecule has 6 heteroatoms. The Balaban J connectivity index is 1.49. The normalized spacial score (nSPS) is 16.1. The minimum Gasteiger partial charge on any atom is -0.349 e. The molecule has 2 heterocycles. The molecule has 1 N–H and O–H groups in total. The highest BCUT2D eigenvalue weighted by molar-refractivity contribution is 7.12. The zero-order valence-corrected chi connectivity index (χ0v) is 19.4. The molecule has 31 heavy (non-hydrogen) atoms. The number of carbonyl (C=O) groups is 2. The van der Waals surface area contributed by atoms with Crippen LogP contribution in [0.2, 0.25) is 0 Å². The largest absolute Gasteiger partial charge is 0.349 e. The number of carbonyl (C=O) groups excluding carboxylic acids is 2. The molecular formula is C25H29N3O2S. The first-order valence-electron chi connectivity index (χ1n) is 10.8. The topological polar surface area (TPSA) is 64.0 Å².